The molecule has 1 fully saturated rings. The summed E-state index contributed by atoms with van der Waals surface area (Å²) >= 11 is 1.86. The molecule has 22 heavy (non-hydrogen) atoms. The van der Waals surface area contributed by atoms with Gasteiger partial charge in [-0.2, -0.15) is 0 Å². The molecule has 0 unspecified atom stereocenters. The zero-order valence-corrected chi connectivity index (χ0v) is 15.6. The Labute approximate surface area is 138 Å². The molecule has 0 spiro atoms. The SMILES string of the molecule is CC(C)N1C(=O)[C@H]2CC[C@H](C)C[C@@H]2c2c1csc2C(C)(C)C. The van der Waals surface area contributed by atoms with Gasteiger partial charge < -0.3 is 4.90 Å². The summed E-state index contributed by atoms with van der Waals surface area (Å²) in [6, 6.07) is 0.244. The first-order valence-electron chi connectivity index (χ1n) is 8.66. The lowest BCUT2D eigenvalue weighted by Crippen LogP contribution is -2.48. The number of nitrogens with zero attached hydrogens (tertiary/aromatic N) is 1. The van der Waals surface area contributed by atoms with Crippen LogP contribution >= 0.6 is 11.3 Å². The maximum Gasteiger partial charge on any atom is 0.230 e. The number of amides is 1. The molecule has 0 radical (unpaired) electrons. The molecular weight excluding hydrogens is 290 g/mol. The molecule has 0 saturated heterocycles. The average molecular weight is 320 g/mol. The first kappa shape index (κ1) is 16.0. The highest BCUT2D eigenvalue weighted by atomic mass is 32.1. The van der Waals surface area contributed by atoms with Crippen molar-refractivity contribution in [3.8, 4) is 0 Å². The zero-order chi connectivity index (χ0) is 16.2. The molecule has 1 amide bonds. The van der Waals surface area contributed by atoms with E-state index in [1.165, 1.54) is 29.0 Å². The third-order valence-corrected chi connectivity index (χ3v) is 6.71. The summed E-state index contributed by atoms with van der Waals surface area (Å²) in [7, 11) is 0. The molecule has 0 bridgehead atoms. The monoisotopic (exact) mass is 319 g/mol. The summed E-state index contributed by atoms with van der Waals surface area (Å²) in [6.07, 6.45) is 3.44. The molecule has 3 rings (SSSR count). The smallest absolute Gasteiger partial charge is 0.230 e. The third-order valence-electron chi connectivity index (χ3n) is 5.30. The first-order chi connectivity index (χ1) is 10.2. The molecule has 1 saturated carbocycles. The summed E-state index contributed by atoms with van der Waals surface area (Å²) in [5.41, 5.74) is 2.87. The molecule has 2 nitrogen and oxygen atoms in total. The Morgan fingerprint density at radius 2 is 1.91 bits per heavy atom. The highest BCUT2D eigenvalue weighted by molar-refractivity contribution is 7.10. The van der Waals surface area contributed by atoms with Crippen molar-refractivity contribution < 1.29 is 4.79 Å². The zero-order valence-electron chi connectivity index (χ0n) is 14.8. The number of hydrogen-bond acceptors (Lipinski definition) is 2. The van der Waals surface area contributed by atoms with Crippen molar-refractivity contribution in [3.63, 3.8) is 0 Å². The summed E-state index contributed by atoms with van der Waals surface area (Å²) in [5.74, 6) is 1.77. The van der Waals surface area contributed by atoms with Gasteiger partial charge in [0.05, 0.1) is 5.69 Å². The van der Waals surface area contributed by atoms with Crippen LogP contribution in [0.25, 0.3) is 0 Å². The second-order valence-corrected chi connectivity index (χ2v) is 9.43. The Balaban J connectivity index is 2.17. The molecule has 0 N–H and O–H groups in total. The van der Waals surface area contributed by atoms with Gasteiger partial charge in [0.15, 0.2) is 0 Å². The van der Waals surface area contributed by atoms with Gasteiger partial charge >= 0.3 is 0 Å². The minimum Gasteiger partial charge on any atom is -0.309 e. The molecule has 2 heterocycles. The number of rotatable bonds is 1. The van der Waals surface area contributed by atoms with Crippen LogP contribution in [0.3, 0.4) is 0 Å². The molecule has 1 aliphatic carbocycles. The topological polar surface area (TPSA) is 20.3 Å². The van der Waals surface area contributed by atoms with Crippen molar-refractivity contribution in [1.82, 2.24) is 0 Å². The normalized spacial score (nSPS) is 28.8. The van der Waals surface area contributed by atoms with E-state index in [1.807, 2.05) is 11.3 Å². The quantitative estimate of drug-likeness (QED) is 0.686. The minimum atomic E-state index is 0.159. The van der Waals surface area contributed by atoms with Gasteiger partial charge in [-0.25, -0.2) is 0 Å². The van der Waals surface area contributed by atoms with Crippen molar-refractivity contribution in [3.05, 3.63) is 15.8 Å². The fourth-order valence-electron chi connectivity index (χ4n) is 4.31. The second-order valence-electron chi connectivity index (χ2n) is 8.55. The number of thiophene rings is 1. The highest BCUT2D eigenvalue weighted by Gasteiger charge is 2.46. The van der Waals surface area contributed by atoms with Crippen LogP contribution in [-0.4, -0.2) is 11.9 Å². The Bertz CT molecular complexity index is 581. The van der Waals surface area contributed by atoms with Crippen molar-refractivity contribution in [2.45, 2.75) is 78.2 Å². The van der Waals surface area contributed by atoms with Gasteiger partial charge in [-0.3, -0.25) is 4.79 Å². The van der Waals surface area contributed by atoms with Crippen LogP contribution in [0.1, 0.15) is 77.2 Å². The summed E-state index contributed by atoms with van der Waals surface area (Å²) in [4.78, 5) is 16.6. The summed E-state index contributed by atoms with van der Waals surface area (Å²) in [6.45, 7) is 13.5. The Morgan fingerprint density at radius 3 is 2.50 bits per heavy atom. The molecule has 3 atom stereocenters. The molecule has 2 aliphatic rings. The van der Waals surface area contributed by atoms with Crippen LogP contribution in [0.2, 0.25) is 0 Å². The van der Waals surface area contributed by atoms with E-state index < -0.39 is 0 Å². The van der Waals surface area contributed by atoms with E-state index in [2.05, 4.69) is 51.8 Å². The molecular formula is C19H29NOS. The van der Waals surface area contributed by atoms with Crippen LogP contribution in [0.5, 0.6) is 0 Å². The van der Waals surface area contributed by atoms with Crippen LogP contribution < -0.4 is 4.90 Å². The van der Waals surface area contributed by atoms with E-state index >= 15 is 0 Å². The van der Waals surface area contributed by atoms with E-state index in [4.69, 9.17) is 0 Å². The van der Waals surface area contributed by atoms with Gasteiger partial charge in [0, 0.05) is 22.2 Å². The molecule has 122 valence electrons. The van der Waals surface area contributed by atoms with Gasteiger partial charge in [-0.1, -0.05) is 27.7 Å². The van der Waals surface area contributed by atoms with Crippen LogP contribution in [0.4, 0.5) is 5.69 Å². The predicted octanol–water partition coefficient (Wildman–Crippen LogP) is 5.32. The van der Waals surface area contributed by atoms with E-state index in [-0.39, 0.29) is 17.4 Å². The predicted molar refractivity (Wildman–Crippen MR) is 94.9 cm³/mol. The second kappa shape index (κ2) is 5.36. The number of anilines is 1. The van der Waals surface area contributed by atoms with Crippen molar-refractivity contribution in [1.29, 1.82) is 0 Å². The van der Waals surface area contributed by atoms with E-state index in [9.17, 15) is 4.79 Å². The van der Waals surface area contributed by atoms with Crippen molar-refractivity contribution in [2.24, 2.45) is 11.8 Å². The maximum atomic E-state index is 13.1. The first-order valence-corrected chi connectivity index (χ1v) is 9.54. The van der Waals surface area contributed by atoms with Gasteiger partial charge in [0.25, 0.3) is 0 Å². The minimum absolute atomic E-state index is 0.159. The third kappa shape index (κ3) is 2.42. The lowest BCUT2D eigenvalue weighted by molar-refractivity contribution is -0.125. The standard InChI is InChI=1S/C19H29NOS/c1-11(2)20-15-10-22-17(19(4,5)6)16(15)14-9-12(3)7-8-13(14)18(20)21/h10-14H,7-9H2,1-6H3/t12-,13-,14-/m0/s1. The Morgan fingerprint density at radius 1 is 1.23 bits per heavy atom. The van der Waals surface area contributed by atoms with Crippen LogP contribution in [0, 0.1) is 11.8 Å². The maximum absolute atomic E-state index is 13.1. The lowest BCUT2D eigenvalue weighted by Gasteiger charge is -2.44. The summed E-state index contributed by atoms with van der Waals surface area (Å²) < 4.78 is 0. The lowest BCUT2D eigenvalue weighted by atomic mass is 9.67. The van der Waals surface area contributed by atoms with Crippen molar-refractivity contribution in [2.75, 3.05) is 4.90 Å². The fourth-order valence-corrected chi connectivity index (χ4v) is 5.52. The van der Waals surface area contributed by atoms with Crippen LogP contribution in [-0.2, 0) is 10.2 Å². The van der Waals surface area contributed by atoms with Gasteiger partial charge in [-0.05, 0) is 55.9 Å². The Kier molecular flexibility index (Phi) is 3.91. The van der Waals surface area contributed by atoms with Gasteiger partial charge in [-0.15, -0.1) is 11.3 Å². The molecule has 1 aromatic rings. The van der Waals surface area contributed by atoms with E-state index in [1.54, 1.807) is 0 Å². The number of fused-ring (bicyclic) bond motifs is 3. The largest absolute Gasteiger partial charge is 0.309 e. The number of hydrogen-bond donors (Lipinski definition) is 0. The fraction of sp³-hybridized carbons (Fsp3) is 0.737. The molecule has 1 aliphatic heterocycles. The average Bonchev–Trinajstić information content (AvgIpc) is 2.82. The molecule has 1 aromatic heterocycles. The molecule has 0 aromatic carbocycles. The molecule has 3 heteroatoms. The van der Waals surface area contributed by atoms with E-state index in [0.29, 0.717) is 11.8 Å². The van der Waals surface area contributed by atoms with E-state index in [0.717, 1.165) is 12.3 Å². The van der Waals surface area contributed by atoms with Crippen molar-refractivity contribution >= 4 is 22.9 Å². The van der Waals surface area contributed by atoms with Gasteiger partial charge in [0.1, 0.15) is 0 Å². The van der Waals surface area contributed by atoms with Gasteiger partial charge in [0.2, 0.25) is 5.91 Å². The summed E-state index contributed by atoms with van der Waals surface area (Å²) in [5, 5.41) is 2.24. The number of carbonyl (C=O) groups excluding carboxylic acids is 1. The van der Waals surface area contributed by atoms with Crippen LogP contribution in [0.15, 0.2) is 5.38 Å². The highest BCUT2D eigenvalue weighted by Crippen LogP contribution is 2.53. The Hall–Kier alpha value is -0.830. The number of carbonyl (C=O) groups is 1.